The number of halogens is 4. The summed E-state index contributed by atoms with van der Waals surface area (Å²) in [5.41, 5.74) is 19.5. The van der Waals surface area contributed by atoms with Crippen molar-refractivity contribution in [2.45, 2.75) is 46.5 Å². The Balaban J connectivity index is 0.000000371. The SMILES string of the molecule is CCOC(=O)CN.CCOC(=O)CNC(=O)Cc1csc(-c2ccc(Cl)cc2-c2ccccc2)n1.CCOC(=O)Cc1csc(-c2ccc(Cl)cc2-c2ccccc2)n1.O=C(O)CNC(=O)Cc1csc(-c2ccc(Cl)cc2-c2ccccc2)n1.O=C(O)Cc1csc(-c2ccc(Cl)cc2-c2ccccc2)n1.[Na+].[Na+].[OH-].[OH-].[U]. The third-order valence-electron chi connectivity index (χ3n) is 14.7. The van der Waals surface area contributed by atoms with Gasteiger partial charge in [0.25, 0.3) is 0 Å². The second kappa shape index (κ2) is 52.2. The maximum absolute atomic E-state index is 12.0. The van der Waals surface area contributed by atoms with Gasteiger partial charge in [-0.3, -0.25) is 33.6 Å². The van der Waals surface area contributed by atoms with Crippen LogP contribution >= 0.6 is 91.8 Å². The van der Waals surface area contributed by atoms with Crippen LogP contribution in [0, 0.1) is 31.1 Å². The van der Waals surface area contributed by atoms with E-state index in [0.717, 1.165) is 92.5 Å². The number of amides is 2. The number of esters is 3. The largest absolute Gasteiger partial charge is 1.00 e. The Labute approximate surface area is 751 Å². The number of thiazole rings is 4. The molecule has 4 aromatic heterocycles. The number of hydrogen-bond acceptors (Lipinski definition) is 21. The minimum Gasteiger partial charge on any atom is -0.870 e. The van der Waals surface area contributed by atoms with Crippen molar-refractivity contribution in [2.75, 3.05) is 39.5 Å². The summed E-state index contributed by atoms with van der Waals surface area (Å²) in [6.45, 7) is 5.78. The summed E-state index contributed by atoms with van der Waals surface area (Å²) >= 11 is 30.5. The second-order valence-corrected chi connectivity index (χ2v) is 27.6. The van der Waals surface area contributed by atoms with Crippen LogP contribution in [0.25, 0.3) is 86.8 Å². The molecule has 32 heteroatoms. The molecule has 0 saturated carbocycles. The minimum atomic E-state index is -1.08. The minimum absolute atomic E-state index is 0. The van der Waals surface area contributed by atoms with Gasteiger partial charge < -0.3 is 51.7 Å². The van der Waals surface area contributed by atoms with Crippen molar-refractivity contribution >= 4 is 133 Å². The fraction of sp³-hybridized carbons (Fsp3) is 0.163. The van der Waals surface area contributed by atoms with Gasteiger partial charge in [-0.2, -0.15) is 0 Å². The van der Waals surface area contributed by atoms with Gasteiger partial charge >= 0.3 is 89.0 Å². The number of nitrogens with one attached hydrogen (secondary N) is 2. The van der Waals surface area contributed by atoms with Crippen molar-refractivity contribution < 1.29 is 159 Å². The number of carbonyl (C=O) groups is 7. The molecule has 2 amide bonds. The molecule has 12 rings (SSSR count). The molecule has 0 spiro atoms. The van der Waals surface area contributed by atoms with Gasteiger partial charge in [-0.15, -0.1) is 45.3 Å². The quantitative estimate of drug-likeness (QED) is 0.0213. The Morgan fingerprint density at radius 3 is 0.902 bits per heavy atom. The van der Waals surface area contributed by atoms with Crippen LogP contribution in [-0.4, -0.2) is 122 Å². The number of carboxylic acid groups (broad SMARTS) is 2. The van der Waals surface area contributed by atoms with Crippen molar-refractivity contribution in [3.63, 3.8) is 0 Å². The van der Waals surface area contributed by atoms with E-state index in [1.165, 1.54) is 45.3 Å². The summed E-state index contributed by atoms with van der Waals surface area (Å²) in [5.74, 6) is -3.66. The standard InChI is InChI=1S/C21H19ClN2O3S.C19H15ClN2O3S.C19H16ClNO2S.C17H12ClNO2S.C4H9NO2.2Na.2H2O.U/c1-2-27-20(26)12-23-19(25)11-16-13-28-21(24-16)17-9-8-15(22)10-18(17)14-6-4-3-5-7-14;20-13-6-7-15(16(8-13)12-4-2-1-3-5-12)19-22-14(11-26-19)9-17(23)21-10-18(24)25;1-2-23-18(22)11-15-12-24-19(21-15)16-9-8-14(20)10-17(16)13-6-4-3-5-7-13;18-12-6-7-14(15(8-12)11-4-2-1-3-5-11)17-19-13(10-22-17)9-16(20)21;1-2-7-4(6)3-5;;;;;/h3-10,13H,2,11-12H2,1H3,(H,23,25);1-8,11H,9-10H2,(H,21,23)(H,24,25);3-10,12H,2,11H2,1H3;1-8,10H,9H2,(H,20,21);2-3,5H2,1H3;;;2*1H2;/q;;;;;2*+1;;;/p-2. The van der Waals surface area contributed by atoms with Crippen LogP contribution in [0.2, 0.25) is 20.1 Å². The van der Waals surface area contributed by atoms with Crippen LogP contribution in [0.4, 0.5) is 0 Å². The van der Waals surface area contributed by atoms with Gasteiger partial charge in [-0.1, -0.05) is 168 Å². The number of benzene rings is 8. The van der Waals surface area contributed by atoms with Crippen LogP contribution in [0.15, 0.2) is 216 Å². The zero-order chi connectivity index (χ0) is 76.6. The summed E-state index contributed by atoms with van der Waals surface area (Å²) in [5, 5.41) is 35.6. The molecule has 0 unspecified atom stereocenters. The molecule has 0 saturated heterocycles. The van der Waals surface area contributed by atoms with Crippen LogP contribution in [0.5, 0.6) is 0 Å². The monoisotopic (exact) mass is 1910 g/mol. The van der Waals surface area contributed by atoms with Crippen molar-refractivity contribution in [2.24, 2.45) is 5.73 Å². The number of hydrogen-bond donors (Lipinski definition) is 5. The smallest absolute Gasteiger partial charge is 0.870 e. The van der Waals surface area contributed by atoms with Gasteiger partial charge in [0, 0.05) is 95.0 Å². The molecule has 8 N–H and O–H groups in total. The number of nitrogens with two attached hydrogens (primary N) is 1. The Bertz CT molecular complexity index is 4980. The Hall–Kier alpha value is -7.34. The van der Waals surface area contributed by atoms with E-state index >= 15 is 0 Å². The van der Waals surface area contributed by atoms with Gasteiger partial charge in [0.05, 0.1) is 74.8 Å². The maximum atomic E-state index is 12.0. The zero-order valence-electron chi connectivity index (χ0n) is 61.2. The number of rotatable bonds is 24. The molecule has 0 aliphatic carbocycles. The van der Waals surface area contributed by atoms with Crippen molar-refractivity contribution in [1.29, 1.82) is 0 Å². The topological polar surface area (TPSA) is 349 Å². The number of aliphatic carboxylic acids is 2. The summed E-state index contributed by atoms with van der Waals surface area (Å²) < 4.78 is 14.2. The van der Waals surface area contributed by atoms with E-state index in [2.05, 4.69) is 35.3 Å². The van der Waals surface area contributed by atoms with Crippen LogP contribution in [0.1, 0.15) is 43.5 Å². The van der Waals surface area contributed by atoms with E-state index in [-0.39, 0.29) is 170 Å². The van der Waals surface area contributed by atoms with E-state index in [9.17, 15) is 33.6 Å². The molecule has 4 heterocycles. The third kappa shape index (κ3) is 32.2. The average molecular weight is 1910 g/mol. The van der Waals surface area contributed by atoms with Crippen molar-refractivity contribution in [1.82, 2.24) is 30.6 Å². The van der Waals surface area contributed by atoms with Crippen LogP contribution in [-0.2, 0) is 73.5 Å². The van der Waals surface area contributed by atoms with Crippen LogP contribution in [0.3, 0.4) is 0 Å². The molecule has 570 valence electrons. The fourth-order valence-corrected chi connectivity index (χ4v) is 14.2. The number of aromatic nitrogens is 4. The van der Waals surface area contributed by atoms with Gasteiger partial charge in [0.2, 0.25) is 11.8 Å². The summed E-state index contributed by atoms with van der Waals surface area (Å²) in [6.07, 6.45) is 0.269. The molecule has 0 aliphatic heterocycles. The molecule has 0 bridgehead atoms. The molecule has 112 heavy (non-hydrogen) atoms. The summed E-state index contributed by atoms with van der Waals surface area (Å²) in [7, 11) is 0. The molecule has 21 nitrogen and oxygen atoms in total. The molecular weight excluding hydrogens is 1840 g/mol. The van der Waals surface area contributed by atoms with E-state index in [4.69, 9.17) is 71.8 Å². The van der Waals surface area contributed by atoms with E-state index < -0.39 is 24.5 Å². The predicted octanol–water partition coefficient (Wildman–Crippen LogP) is 11.4. The number of ether oxygens (including phenoxy) is 3. The molecule has 0 aliphatic rings. The first kappa shape index (κ1) is 98.9. The Morgan fingerprint density at radius 1 is 0.366 bits per heavy atom. The molecule has 8 aromatic carbocycles. The number of nitrogens with zero attached hydrogens (tertiary/aromatic N) is 4. The van der Waals surface area contributed by atoms with Crippen molar-refractivity contribution in [3.8, 4) is 86.8 Å². The average Bonchev–Trinajstić information content (AvgIpc) is 1.49. The first-order valence-electron chi connectivity index (χ1n) is 33.0. The number of carbonyl (C=O) groups excluding carboxylic acids is 5. The van der Waals surface area contributed by atoms with E-state index in [1.54, 1.807) is 31.5 Å². The molecular formula is C80H73Cl4N7Na2O14S4U. The van der Waals surface area contributed by atoms with Crippen molar-refractivity contribution in [3.05, 3.63) is 259 Å². The first-order chi connectivity index (χ1) is 51.7. The summed E-state index contributed by atoms with van der Waals surface area (Å²) in [4.78, 5) is 96.3. The Kier molecular flexibility index (Phi) is 46.1. The second-order valence-electron chi connectivity index (χ2n) is 22.5. The predicted molar refractivity (Wildman–Crippen MR) is 431 cm³/mol. The Morgan fingerprint density at radius 2 is 0.634 bits per heavy atom. The van der Waals surface area contributed by atoms with E-state index in [0.29, 0.717) is 50.4 Å². The third-order valence-corrected chi connectivity index (χ3v) is 19.3. The maximum Gasteiger partial charge on any atom is 1.00 e. The van der Waals surface area contributed by atoms with Gasteiger partial charge in [0.1, 0.15) is 33.1 Å². The number of carboxylic acids is 2. The van der Waals surface area contributed by atoms with Gasteiger partial charge in [-0.25, -0.2) is 19.9 Å². The van der Waals surface area contributed by atoms with Crippen LogP contribution < -0.4 is 75.5 Å². The first-order valence-corrected chi connectivity index (χ1v) is 38.1. The molecule has 0 radical (unpaired) electrons. The molecule has 12 aromatic rings. The van der Waals surface area contributed by atoms with E-state index in [1.807, 2.05) is 205 Å². The van der Waals surface area contributed by atoms with Gasteiger partial charge in [0.15, 0.2) is 0 Å². The zero-order valence-corrected chi connectivity index (χ0v) is 75.7. The molecule has 0 fully saturated rings. The summed E-state index contributed by atoms with van der Waals surface area (Å²) in [6, 6.07) is 62.5. The normalized spacial score (nSPS) is 9.93. The molecule has 0 atom stereocenters. The fourth-order valence-electron chi connectivity index (χ4n) is 10.0. The van der Waals surface area contributed by atoms with Gasteiger partial charge in [-0.05, 0) is 138 Å².